The molecule has 0 aliphatic rings. The Labute approximate surface area is 111 Å². The summed E-state index contributed by atoms with van der Waals surface area (Å²) in [4.78, 5) is 0. The first kappa shape index (κ1) is 14.5. The predicted molar refractivity (Wildman–Crippen MR) is 79.9 cm³/mol. The number of hydrazone groups is 1. The van der Waals surface area contributed by atoms with Gasteiger partial charge < -0.3 is 5.01 Å². The van der Waals surface area contributed by atoms with Crippen molar-refractivity contribution >= 4 is 5.71 Å². The molecule has 1 rings (SSSR count). The van der Waals surface area contributed by atoms with Gasteiger partial charge in [-0.25, -0.2) is 0 Å². The zero-order valence-corrected chi connectivity index (χ0v) is 11.8. The van der Waals surface area contributed by atoms with Crippen LogP contribution in [0.5, 0.6) is 0 Å². The van der Waals surface area contributed by atoms with Crippen LogP contribution in [-0.2, 0) is 0 Å². The van der Waals surface area contributed by atoms with Crippen molar-refractivity contribution in [3.05, 3.63) is 48.6 Å². The lowest BCUT2D eigenvalue weighted by molar-refractivity contribution is 0.432. The van der Waals surface area contributed by atoms with Crippen LogP contribution in [0.25, 0.3) is 0 Å². The third-order valence-electron chi connectivity index (χ3n) is 2.89. The van der Waals surface area contributed by atoms with E-state index in [4.69, 9.17) is 0 Å². The number of nitrogens with zero attached hydrogens (tertiary/aromatic N) is 2. The van der Waals surface area contributed by atoms with Crippen LogP contribution in [0.4, 0.5) is 0 Å². The molecule has 0 bridgehead atoms. The lowest BCUT2D eigenvalue weighted by atomic mass is 9.93. The van der Waals surface area contributed by atoms with Crippen LogP contribution in [0.3, 0.4) is 0 Å². The van der Waals surface area contributed by atoms with Crippen molar-refractivity contribution in [2.24, 2.45) is 11.0 Å². The van der Waals surface area contributed by atoms with Crippen LogP contribution in [0.2, 0.25) is 0 Å². The lowest BCUT2D eigenvalue weighted by Gasteiger charge is -2.17. The van der Waals surface area contributed by atoms with Crippen molar-refractivity contribution in [3.63, 3.8) is 0 Å². The summed E-state index contributed by atoms with van der Waals surface area (Å²) >= 11 is 0. The Balaban J connectivity index is 2.82. The van der Waals surface area contributed by atoms with Crippen LogP contribution in [0, 0.1) is 5.92 Å². The van der Waals surface area contributed by atoms with E-state index in [9.17, 15) is 0 Å². The molecule has 0 radical (unpaired) electrons. The van der Waals surface area contributed by atoms with Gasteiger partial charge in [0.15, 0.2) is 0 Å². The summed E-state index contributed by atoms with van der Waals surface area (Å²) in [7, 11) is 3.94. The second-order valence-electron chi connectivity index (χ2n) is 4.82. The molecule has 1 aromatic rings. The Morgan fingerprint density at radius 2 is 2.00 bits per heavy atom. The smallest absolute Gasteiger partial charge is 0.0705 e. The zero-order valence-electron chi connectivity index (χ0n) is 11.8. The quantitative estimate of drug-likeness (QED) is 0.307. The van der Waals surface area contributed by atoms with E-state index < -0.39 is 0 Å². The van der Waals surface area contributed by atoms with E-state index in [1.807, 2.05) is 31.2 Å². The minimum absolute atomic E-state index is 0.467. The molecular formula is C16H24N2. The van der Waals surface area contributed by atoms with Crippen LogP contribution in [0.15, 0.2) is 48.1 Å². The summed E-state index contributed by atoms with van der Waals surface area (Å²) < 4.78 is 0. The van der Waals surface area contributed by atoms with Crippen molar-refractivity contribution in [2.75, 3.05) is 14.1 Å². The Morgan fingerprint density at radius 1 is 1.33 bits per heavy atom. The first-order valence-corrected chi connectivity index (χ1v) is 6.57. The van der Waals surface area contributed by atoms with E-state index in [0.717, 1.165) is 12.8 Å². The highest BCUT2D eigenvalue weighted by molar-refractivity contribution is 6.01. The number of rotatable bonds is 7. The molecule has 0 heterocycles. The van der Waals surface area contributed by atoms with E-state index in [2.05, 4.69) is 42.9 Å². The van der Waals surface area contributed by atoms with Gasteiger partial charge in [-0.15, -0.1) is 6.58 Å². The fourth-order valence-corrected chi connectivity index (χ4v) is 1.97. The molecule has 0 saturated heterocycles. The molecule has 2 heteroatoms. The van der Waals surface area contributed by atoms with Crippen molar-refractivity contribution in [1.29, 1.82) is 0 Å². The van der Waals surface area contributed by atoms with Gasteiger partial charge in [0.1, 0.15) is 0 Å². The van der Waals surface area contributed by atoms with Gasteiger partial charge in [-0.2, -0.15) is 5.10 Å². The molecule has 0 fully saturated rings. The maximum absolute atomic E-state index is 4.65. The largest absolute Gasteiger partial charge is 0.303 e. The minimum atomic E-state index is 0.467. The van der Waals surface area contributed by atoms with E-state index in [1.54, 1.807) is 0 Å². The number of hydrogen-bond donors (Lipinski definition) is 0. The lowest BCUT2D eigenvalue weighted by Crippen LogP contribution is -2.17. The maximum Gasteiger partial charge on any atom is 0.0705 e. The normalized spacial score (nSPS) is 13.2. The highest BCUT2D eigenvalue weighted by Gasteiger charge is 2.13. The zero-order chi connectivity index (χ0) is 13.4. The first-order valence-electron chi connectivity index (χ1n) is 6.57. The maximum atomic E-state index is 4.65. The monoisotopic (exact) mass is 244 g/mol. The minimum Gasteiger partial charge on any atom is -0.303 e. The molecule has 0 N–H and O–H groups in total. The molecule has 0 spiro atoms. The molecule has 98 valence electrons. The summed E-state index contributed by atoms with van der Waals surface area (Å²) in [6.45, 7) is 6.02. The van der Waals surface area contributed by atoms with Crippen LogP contribution < -0.4 is 0 Å². The highest BCUT2D eigenvalue weighted by Crippen LogP contribution is 2.16. The van der Waals surface area contributed by atoms with Gasteiger partial charge in [0, 0.05) is 20.0 Å². The van der Waals surface area contributed by atoms with E-state index in [-0.39, 0.29) is 0 Å². The fraction of sp³-hybridized carbons (Fsp3) is 0.438. The Kier molecular flexibility index (Phi) is 6.20. The molecular weight excluding hydrogens is 220 g/mol. The molecule has 0 aliphatic heterocycles. The topological polar surface area (TPSA) is 15.6 Å². The Bertz CT molecular complexity index is 379. The Hall–Kier alpha value is -1.57. The van der Waals surface area contributed by atoms with Crippen molar-refractivity contribution in [1.82, 2.24) is 5.01 Å². The number of hydrogen-bond acceptors (Lipinski definition) is 2. The SMILES string of the molecule is C=CCCCC(C)C(=NN(C)C)c1ccccc1. The summed E-state index contributed by atoms with van der Waals surface area (Å²) in [5.41, 5.74) is 2.39. The molecule has 1 aromatic carbocycles. The van der Waals surface area contributed by atoms with Crippen molar-refractivity contribution < 1.29 is 0 Å². The number of allylic oxidation sites excluding steroid dienone is 1. The van der Waals surface area contributed by atoms with Gasteiger partial charge in [0.25, 0.3) is 0 Å². The molecule has 18 heavy (non-hydrogen) atoms. The number of unbranched alkanes of at least 4 members (excludes halogenated alkanes) is 1. The molecule has 2 nitrogen and oxygen atoms in total. The highest BCUT2D eigenvalue weighted by atomic mass is 15.4. The van der Waals surface area contributed by atoms with Crippen LogP contribution in [-0.4, -0.2) is 24.8 Å². The first-order chi connectivity index (χ1) is 8.65. The van der Waals surface area contributed by atoms with Gasteiger partial charge in [-0.05, 0) is 24.8 Å². The van der Waals surface area contributed by atoms with Crippen molar-refractivity contribution in [3.8, 4) is 0 Å². The predicted octanol–water partition coefficient (Wildman–Crippen LogP) is 3.94. The van der Waals surface area contributed by atoms with Crippen molar-refractivity contribution in [2.45, 2.75) is 26.2 Å². The Morgan fingerprint density at radius 3 is 2.56 bits per heavy atom. The summed E-state index contributed by atoms with van der Waals surface area (Å²) in [5.74, 6) is 0.467. The molecule has 1 unspecified atom stereocenters. The van der Waals surface area contributed by atoms with E-state index in [0.29, 0.717) is 5.92 Å². The third kappa shape index (κ3) is 4.74. The van der Waals surface area contributed by atoms with Crippen LogP contribution in [0.1, 0.15) is 31.7 Å². The fourth-order valence-electron chi connectivity index (χ4n) is 1.97. The van der Waals surface area contributed by atoms with E-state index in [1.165, 1.54) is 17.7 Å². The second kappa shape index (κ2) is 7.70. The van der Waals surface area contributed by atoms with Gasteiger partial charge >= 0.3 is 0 Å². The second-order valence-corrected chi connectivity index (χ2v) is 4.82. The van der Waals surface area contributed by atoms with Gasteiger partial charge in [-0.3, -0.25) is 0 Å². The third-order valence-corrected chi connectivity index (χ3v) is 2.89. The average molecular weight is 244 g/mol. The summed E-state index contributed by atoms with van der Waals surface area (Å²) in [5, 5.41) is 6.53. The molecule has 0 amide bonds. The van der Waals surface area contributed by atoms with Crippen LogP contribution >= 0.6 is 0 Å². The molecule has 0 saturated carbocycles. The van der Waals surface area contributed by atoms with E-state index >= 15 is 0 Å². The standard InChI is InChI=1S/C16H24N2/c1-5-6-8-11-14(2)16(17-18(3)4)15-12-9-7-10-13-15/h5,7,9-10,12-14H,1,6,8,11H2,2-4H3. The van der Waals surface area contributed by atoms with Gasteiger partial charge in [0.05, 0.1) is 5.71 Å². The number of benzene rings is 1. The summed E-state index contributed by atoms with van der Waals surface area (Å²) in [6, 6.07) is 10.4. The van der Waals surface area contributed by atoms with Gasteiger partial charge in [-0.1, -0.05) is 43.3 Å². The molecule has 0 aromatic heterocycles. The average Bonchev–Trinajstić information content (AvgIpc) is 2.37. The summed E-state index contributed by atoms with van der Waals surface area (Å²) in [6.07, 6.45) is 5.38. The van der Waals surface area contributed by atoms with Gasteiger partial charge in [0.2, 0.25) is 0 Å². The molecule has 1 atom stereocenters. The molecule has 0 aliphatic carbocycles.